The summed E-state index contributed by atoms with van der Waals surface area (Å²) in [7, 11) is 1.50. The number of amides is 1. The Hall–Kier alpha value is -2.05. The molecule has 1 heterocycles. The maximum Gasteiger partial charge on any atom is 0.259 e. The Labute approximate surface area is 127 Å². The second-order valence-electron chi connectivity index (χ2n) is 4.19. The van der Waals surface area contributed by atoms with Crippen LogP contribution in [0.4, 0.5) is 5.69 Å². The summed E-state index contributed by atoms with van der Waals surface area (Å²) in [5, 5.41) is 7.29. The van der Waals surface area contributed by atoms with E-state index in [1.165, 1.54) is 7.11 Å². The number of aromatic nitrogens is 2. The molecule has 1 aromatic carbocycles. The van der Waals surface area contributed by atoms with Crippen molar-refractivity contribution < 1.29 is 14.3 Å². The Bertz CT molecular complexity index is 628. The van der Waals surface area contributed by atoms with Crippen molar-refractivity contribution in [2.45, 2.75) is 13.7 Å². The summed E-state index contributed by atoms with van der Waals surface area (Å²) in [6.45, 7) is 2.84. The Morgan fingerprint density at radius 1 is 1.48 bits per heavy atom. The van der Waals surface area contributed by atoms with Gasteiger partial charge < -0.3 is 14.8 Å². The number of nitrogens with one attached hydrogen (secondary N) is 1. The number of ether oxygens (including phenoxy) is 2. The zero-order chi connectivity index (χ0) is 15.2. The highest BCUT2D eigenvalue weighted by Gasteiger charge is 2.14. The minimum Gasteiger partial charge on any atom is -0.496 e. The molecule has 1 N–H and O–H groups in total. The van der Waals surface area contributed by atoms with Crippen molar-refractivity contribution in [2.75, 3.05) is 19.0 Å². The quantitative estimate of drug-likeness (QED) is 0.891. The van der Waals surface area contributed by atoms with Gasteiger partial charge in [0.05, 0.1) is 30.8 Å². The van der Waals surface area contributed by atoms with E-state index in [1.807, 2.05) is 6.92 Å². The fraction of sp³-hybridized carbons (Fsp3) is 0.286. The fourth-order valence-corrected chi connectivity index (χ4v) is 1.91. The Kier molecular flexibility index (Phi) is 5.19. The van der Waals surface area contributed by atoms with Crippen molar-refractivity contribution in [1.29, 1.82) is 0 Å². The summed E-state index contributed by atoms with van der Waals surface area (Å²) in [5.74, 6) is 0.143. The van der Waals surface area contributed by atoms with Crippen LogP contribution in [0.1, 0.15) is 17.3 Å². The molecule has 1 aromatic heterocycles. The lowest BCUT2D eigenvalue weighted by molar-refractivity contribution is 0.0792. The van der Waals surface area contributed by atoms with Crippen LogP contribution in [0.15, 0.2) is 30.6 Å². The van der Waals surface area contributed by atoms with Crippen LogP contribution >= 0.6 is 11.6 Å². The Morgan fingerprint density at radius 3 is 3.00 bits per heavy atom. The molecule has 112 valence electrons. The SMILES string of the molecule is CCOCn1cc(NC(=O)c2cc(Cl)ccc2OC)cn1. The van der Waals surface area contributed by atoms with Crippen molar-refractivity contribution in [3.63, 3.8) is 0 Å². The number of hydrogen-bond acceptors (Lipinski definition) is 4. The van der Waals surface area contributed by atoms with Crippen LogP contribution in [0.25, 0.3) is 0 Å². The number of methoxy groups -OCH3 is 1. The molecule has 6 nitrogen and oxygen atoms in total. The topological polar surface area (TPSA) is 65.4 Å². The van der Waals surface area contributed by atoms with Crippen LogP contribution in [0, 0.1) is 0 Å². The molecule has 2 aromatic rings. The normalized spacial score (nSPS) is 10.4. The highest BCUT2D eigenvalue weighted by molar-refractivity contribution is 6.31. The van der Waals surface area contributed by atoms with E-state index in [1.54, 1.807) is 35.3 Å². The van der Waals surface area contributed by atoms with Gasteiger partial charge in [-0.05, 0) is 25.1 Å². The van der Waals surface area contributed by atoms with Crippen LogP contribution in [0.2, 0.25) is 5.02 Å². The second-order valence-corrected chi connectivity index (χ2v) is 4.63. The summed E-state index contributed by atoms with van der Waals surface area (Å²) in [5.41, 5.74) is 0.935. The van der Waals surface area contributed by atoms with Gasteiger partial charge in [0.15, 0.2) is 0 Å². The van der Waals surface area contributed by atoms with E-state index >= 15 is 0 Å². The molecule has 0 atom stereocenters. The van der Waals surface area contributed by atoms with Crippen LogP contribution < -0.4 is 10.1 Å². The molecular formula is C14H16ClN3O3. The zero-order valence-electron chi connectivity index (χ0n) is 11.8. The first-order valence-corrected chi connectivity index (χ1v) is 6.77. The van der Waals surface area contributed by atoms with Gasteiger partial charge in [0, 0.05) is 11.6 Å². The lowest BCUT2D eigenvalue weighted by atomic mass is 10.2. The van der Waals surface area contributed by atoms with Gasteiger partial charge in [-0.15, -0.1) is 0 Å². The van der Waals surface area contributed by atoms with Crippen molar-refractivity contribution >= 4 is 23.2 Å². The smallest absolute Gasteiger partial charge is 0.259 e. The van der Waals surface area contributed by atoms with E-state index in [2.05, 4.69) is 10.4 Å². The summed E-state index contributed by atoms with van der Waals surface area (Å²) >= 11 is 5.91. The lowest BCUT2D eigenvalue weighted by Crippen LogP contribution is -2.13. The summed E-state index contributed by atoms with van der Waals surface area (Å²) < 4.78 is 12.0. The number of halogens is 1. The fourth-order valence-electron chi connectivity index (χ4n) is 1.74. The Balaban J connectivity index is 2.10. The van der Waals surface area contributed by atoms with E-state index in [9.17, 15) is 4.79 Å². The average Bonchev–Trinajstić information content (AvgIpc) is 2.92. The number of rotatable bonds is 6. The molecule has 0 radical (unpaired) electrons. The zero-order valence-corrected chi connectivity index (χ0v) is 12.6. The molecule has 0 unspecified atom stereocenters. The number of anilines is 1. The third-order valence-corrected chi connectivity index (χ3v) is 2.96. The Morgan fingerprint density at radius 2 is 2.29 bits per heavy atom. The summed E-state index contributed by atoms with van der Waals surface area (Å²) in [6, 6.07) is 4.87. The first-order valence-electron chi connectivity index (χ1n) is 6.39. The van der Waals surface area contributed by atoms with E-state index < -0.39 is 0 Å². The van der Waals surface area contributed by atoms with Crippen LogP contribution in [0.3, 0.4) is 0 Å². The number of carbonyl (C=O) groups excluding carboxylic acids is 1. The monoisotopic (exact) mass is 309 g/mol. The molecule has 0 aliphatic carbocycles. The summed E-state index contributed by atoms with van der Waals surface area (Å²) in [4.78, 5) is 12.3. The first kappa shape index (κ1) is 15.3. The first-order chi connectivity index (χ1) is 10.1. The van der Waals surface area contributed by atoms with Gasteiger partial charge in [-0.1, -0.05) is 11.6 Å². The number of benzene rings is 1. The van der Waals surface area contributed by atoms with Gasteiger partial charge in [-0.2, -0.15) is 5.10 Å². The predicted octanol–water partition coefficient (Wildman–Crippen LogP) is 2.79. The molecule has 0 aliphatic rings. The molecule has 0 spiro atoms. The molecule has 21 heavy (non-hydrogen) atoms. The minimum atomic E-state index is -0.315. The maximum absolute atomic E-state index is 12.3. The van der Waals surface area contributed by atoms with Crippen molar-refractivity contribution in [1.82, 2.24) is 9.78 Å². The van der Waals surface area contributed by atoms with Gasteiger partial charge in [0.2, 0.25) is 0 Å². The van der Waals surface area contributed by atoms with Crippen LogP contribution in [-0.2, 0) is 11.5 Å². The molecule has 0 saturated carbocycles. The highest BCUT2D eigenvalue weighted by Crippen LogP contribution is 2.23. The highest BCUT2D eigenvalue weighted by atomic mass is 35.5. The van der Waals surface area contributed by atoms with Gasteiger partial charge in [-0.25, -0.2) is 4.68 Å². The molecular weight excluding hydrogens is 294 g/mol. The van der Waals surface area contributed by atoms with Gasteiger partial charge in [0.25, 0.3) is 5.91 Å². The average molecular weight is 310 g/mol. The van der Waals surface area contributed by atoms with Crippen molar-refractivity contribution in [3.05, 3.63) is 41.2 Å². The number of hydrogen-bond donors (Lipinski definition) is 1. The van der Waals surface area contributed by atoms with Gasteiger partial charge >= 0.3 is 0 Å². The molecule has 0 fully saturated rings. The molecule has 2 rings (SSSR count). The molecule has 7 heteroatoms. The third-order valence-electron chi connectivity index (χ3n) is 2.72. The van der Waals surface area contributed by atoms with Gasteiger partial charge in [-0.3, -0.25) is 4.79 Å². The molecule has 0 bridgehead atoms. The lowest BCUT2D eigenvalue weighted by Gasteiger charge is -2.08. The molecule has 0 aliphatic heterocycles. The largest absolute Gasteiger partial charge is 0.496 e. The van der Waals surface area contributed by atoms with Crippen LogP contribution in [-0.4, -0.2) is 29.4 Å². The second kappa shape index (κ2) is 7.10. The van der Waals surface area contributed by atoms with Crippen molar-refractivity contribution in [3.8, 4) is 5.75 Å². The van der Waals surface area contributed by atoms with Crippen molar-refractivity contribution in [2.24, 2.45) is 0 Å². The van der Waals surface area contributed by atoms with Crippen LogP contribution in [0.5, 0.6) is 5.75 Å². The van der Waals surface area contributed by atoms with Gasteiger partial charge in [0.1, 0.15) is 12.5 Å². The molecule has 1 amide bonds. The summed E-state index contributed by atoms with van der Waals surface area (Å²) in [6.07, 6.45) is 3.23. The number of carbonyl (C=O) groups is 1. The predicted molar refractivity (Wildman–Crippen MR) is 79.8 cm³/mol. The van der Waals surface area contributed by atoms with E-state index in [0.717, 1.165) is 0 Å². The third kappa shape index (κ3) is 3.96. The van der Waals surface area contributed by atoms with E-state index in [0.29, 0.717) is 35.4 Å². The number of nitrogens with zero attached hydrogens (tertiary/aromatic N) is 2. The molecule has 0 saturated heterocycles. The van der Waals surface area contributed by atoms with E-state index in [4.69, 9.17) is 21.1 Å². The maximum atomic E-state index is 12.3. The standard InChI is InChI=1S/C14H16ClN3O3/c1-3-21-9-18-8-11(7-16-18)17-14(19)12-6-10(15)4-5-13(12)20-2/h4-8H,3,9H2,1-2H3,(H,17,19). The van der Waals surface area contributed by atoms with E-state index in [-0.39, 0.29) is 5.91 Å². The minimum absolute atomic E-state index is 0.315.